The van der Waals surface area contributed by atoms with E-state index in [1.165, 1.54) is 0 Å². The van der Waals surface area contributed by atoms with Crippen molar-refractivity contribution in [1.82, 2.24) is 4.90 Å². The highest BCUT2D eigenvalue weighted by atomic mass is 35.5. The summed E-state index contributed by atoms with van der Waals surface area (Å²) in [5, 5.41) is 12.2. The van der Waals surface area contributed by atoms with Crippen LogP contribution in [0.1, 0.15) is 43.2 Å². The first-order valence-electron chi connectivity index (χ1n) is 11.9. The van der Waals surface area contributed by atoms with Crippen molar-refractivity contribution in [1.29, 1.82) is 0 Å². The van der Waals surface area contributed by atoms with E-state index >= 15 is 0 Å². The van der Waals surface area contributed by atoms with E-state index in [0.717, 1.165) is 5.56 Å². The van der Waals surface area contributed by atoms with Crippen LogP contribution in [0.3, 0.4) is 0 Å². The van der Waals surface area contributed by atoms with E-state index in [1.807, 2.05) is 0 Å². The summed E-state index contributed by atoms with van der Waals surface area (Å²) in [6, 6.07) is 2.81. The molecule has 9 nitrogen and oxygen atoms in total. The van der Waals surface area contributed by atoms with E-state index in [9.17, 15) is 19.5 Å². The number of hydrogen-bond acceptors (Lipinski definition) is 8. The molecule has 2 aliphatic heterocycles. The Bertz CT molecular complexity index is 1050. The molecule has 1 spiro atoms. The Morgan fingerprint density at radius 2 is 1.89 bits per heavy atom. The quantitative estimate of drug-likeness (QED) is 0.248. The Morgan fingerprint density at radius 1 is 1.14 bits per heavy atom. The lowest BCUT2D eigenvalue weighted by Gasteiger charge is -2.61. The molecule has 11 heteroatoms. The minimum atomic E-state index is -1.40. The second-order valence-corrected chi connectivity index (χ2v) is 10.1. The smallest absolute Gasteiger partial charge is 0.477 e. The molecule has 35 heavy (non-hydrogen) atoms. The molecule has 190 valence electrons. The van der Waals surface area contributed by atoms with E-state index in [0.29, 0.717) is 49.6 Å². The van der Waals surface area contributed by atoms with Crippen molar-refractivity contribution in [2.45, 2.75) is 61.7 Å². The fourth-order valence-electron chi connectivity index (χ4n) is 6.24. The van der Waals surface area contributed by atoms with Gasteiger partial charge in [-0.25, -0.2) is 9.59 Å². The summed E-state index contributed by atoms with van der Waals surface area (Å²) in [7, 11) is 0. The number of hydrogen-bond donors (Lipinski definition) is 1. The van der Waals surface area contributed by atoms with Crippen molar-refractivity contribution < 1.29 is 38.4 Å². The maximum absolute atomic E-state index is 13.1. The van der Waals surface area contributed by atoms with Gasteiger partial charge in [-0.3, -0.25) is 4.79 Å². The van der Waals surface area contributed by atoms with Crippen molar-refractivity contribution in [2.75, 3.05) is 31.5 Å². The number of carbonyl (C=O) groups excluding carboxylic acids is 3. The second-order valence-electron chi connectivity index (χ2n) is 9.35. The number of amides is 1. The van der Waals surface area contributed by atoms with E-state index in [4.69, 9.17) is 42.1 Å². The molecule has 1 unspecified atom stereocenters. The fourth-order valence-corrected chi connectivity index (χ4v) is 6.46. The number of benzene rings is 1. The highest BCUT2D eigenvalue weighted by Gasteiger charge is 2.73. The Morgan fingerprint density at radius 3 is 2.63 bits per heavy atom. The van der Waals surface area contributed by atoms with Crippen molar-refractivity contribution in [3.05, 3.63) is 23.3 Å². The summed E-state index contributed by atoms with van der Waals surface area (Å²) in [4.78, 5) is 39.8. The molecule has 4 aliphatic rings. The maximum Gasteiger partial charge on any atom is 0.513 e. The zero-order chi connectivity index (χ0) is 24.8. The molecule has 4 atom stereocenters. The highest BCUT2D eigenvalue weighted by molar-refractivity contribution is 6.18. The number of carbonyl (C=O) groups is 3. The number of Topliss-reactive ketones (excluding diaryl/α,β-unsaturated/α-hetero) is 1. The van der Waals surface area contributed by atoms with Gasteiger partial charge in [0, 0.05) is 30.3 Å². The monoisotopic (exact) mass is 527 g/mol. The standard InChI is InChI=1S/C24H27Cl2NO8/c25-8-1-11-32-21(29)27-10-7-23-18-14-3-4-16(34-22(30)33-12-2-9-26)19(18)35-20(23)15(28)5-6-24(23,31)17(27)13-14/h3-4,17,20,31H,1-2,5-13H2/t17-,20?,23+,24-/m1/s1. The average molecular weight is 528 g/mol. The molecule has 1 aromatic rings. The summed E-state index contributed by atoms with van der Waals surface area (Å²) in [5.74, 6) is 1.04. The molecule has 1 aromatic carbocycles. The molecule has 2 aliphatic carbocycles. The normalized spacial score (nSPS) is 29.8. The third-order valence-corrected chi connectivity index (χ3v) is 8.21. The van der Waals surface area contributed by atoms with Crippen molar-refractivity contribution in [3.8, 4) is 11.5 Å². The SMILES string of the molecule is O=C(OCCCCl)Oc1ccc2c3c1OC1C(=O)CC[C@@]4(O)[C@@H](C2)N(C(=O)OCCCCl)CC[C@]314. The summed E-state index contributed by atoms with van der Waals surface area (Å²) in [6.07, 6.45) is -0.312. The van der Waals surface area contributed by atoms with Crippen molar-refractivity contribution in [2.24, 2.45) is 0 Å². The van der Waals surface area contributed by atoms with Crippen LogP contribution in [0.5, 0.6) is 11.5 Å². The van der Waals surface area contributed by atoms with Crippen LogP contribution >= 0.6 is 23.2 Å². The van der Waals surface area contributed by atoms with Crippen LogP contribution in [0.25, 0.3) is 0 Å². The Labute approximate surface area is 212 Å². The van der Waals surface area contributed by atoms with Gasteiger partial charge in [0.2, 0.25) is 0 Å². The number of halogens is 2. The minimum Gasteiger partial charge on any atom is -0.477 e. The van der Waals surface area contributed by atoms with Gasteiger partial charge in [-0.2, -0.15) is 0 Å². The van der Waals surface area contributed by atoms with Crippen LogP contribution in [0.15, 0.2) is 12.1 Å². The van der Waals surface area contributed by atoms with Gasteiger partial charge in [0.25, 0.3) is 0 Å². The third-order valence-electron chi connectivity index (χ3n) is 7.67. The number of aliphatic hydroxyl groups is 1. The number of likely N-dealkylation sites (tertiary alicyclic amines) is 1. The van der Waals surface area contributed by atoms with Gasteiger partial charge in [-0.15, -0.1) is 23.2 Å². The molecule has 2 heterocycles. The van der Waals surface area contributed by atoms with Crippen LogP contribution in [0, 0.1) is 0 Å². The number of piperidine rings is 1. The zero-order valence-electron chi connectivity index (χ0n) is 19.1. The lowest BCUT2D eigenvalue weighted by molar-refractivity contribution is -0.183. The van der Waals surface area contributed by atoms with E-state index in [1.54, 1.807) is 17.0 Å². The van der Waals surface area contributed by atoms with Gasteiger partial charge in [0.1, 0.15) is 0 Å². The summed E-state index contributed by atoms with van der Waals surface area (Å²) in [5.41, 5.74) is -0.902. The van der Waals surface area contributed by atoms with Crippen LogP contribution in [0.2, 0.25) is 0 Å². The molecular weight excluding hydrogens is 501 g/mol. The van der Waals surface area contributed by atoms with E-state index in [-0.39, 0.29) is 43.3 Å². The van der Waals surface area contributed by atoms with Crippen LogP contribution in [-0.4, -0.2) is 77.3 Å². The maximum atomic E-state index is 13.1. The van der Waals surface area contributed by atoms with Crippen molar-refractivity contribution >= 4 is 41.2 Å². The number of ether oxygens (including phenoxy) is 4. The Kier molecular flexibility index (Phi) is 6.52. The molecule has 1 saturated heterocycles. The summed E-state index contributed by atoms with van der Waals surface area (Å²) >= 11 is 11.3. The largest absolute Gasteiger partial charge is 0.513 e. The molecular formula is C24H27Cl2NO8. The molecule has 2 fully saturated rings. The van der Waals surface area contributed by atoms with Gasteiger partial charge in [0.05, 0.1) is 30.3 Å². The van der Waals surface area contributed by atoms with Gasteiger partial charge < -0.3 is 29.0 Å². The average Bonchev–Trinajstić information content (AvgIpc) is 3.19. The second kappa shape index (κ2) is 9.33. The van der Waals surface area contributed by atoms with E-state index < -0.39 is 35.4 Å². The Balaban J connectivity index is 1.51. The lowest BCUT2D eigenvalue weighted by atomic mass is 9.49. The molecule has 5 rings (SSSR count). The first-order valence-corrected chi connectivity index (χ1v) is 12.9. The zero-order valence-corrected chi connectivity index (χ0v) is 20.6. The van der Waals surface area contributed by atoms with Gasteiger partial charge in [0.15, 0.2) is 23.4 Å². The molecule has 1 amide bonds. The van der Waals surface area contributed by atoms with Crippen LogP contribution in [0.4, 0.5) is 9.59 Å². The van der Waals surface area contributed by atoms with Gasteiger partial charge >= 0.3 is 12.2 Å². The first-order chi connectivity index (χ1) is 16.9. The highest BCUT2D eigenvalue weighted by Crippen LogP contribution is 2.64. The van der Waals surface area contributed by atoms with Gasteiger partial charge in [-0.05, 0) is 43.7 Å². The van der Waals surface area contributed by atoms with Crippen molar-refractivity contribution in [3.63, 3.8) is 0 Å². The predicted molar refractivity (Wildman–Crippen MR) is 125 cm³/mol. The predicted octanol–water partition coefficient (Wildman–Crippen LogP) is 3.32. The molecule has 0 radical (unpaired) electrons. The van der Waals surface area contributed by atoms with E-state index in [2.05, 4.69) is 0 Å². The minimum absolute atomic E-state index is 0.118. The molecule has 1 N–H and O–H groups in total. The number of alkyl halides is 2. The third kappa shape index (κ3) is 3.65. The molecule has 2 bridgehead atoms. The number of ketones is 1. The number of nitrogens with zero attached hydrogens (tertiary/aromatic N) is 1. The van der Waals surface area contributed by atoms with Crippen LogP contribution in [-0.2, 0) is 26.1 Å². The topological polar surface area (TPSA) is 112 Å². The van der Waals surface area contributed by atoms with Crippen LogP contribution < -0.4 is 9.47 Å². The molecule has 0 aromatic heterocycles. The first kappa shape index (κ1) is 24.5. The molecule has 1 saturated carbocycles. The number of rotatable bonds is 7. The lowest BCUT2D eigenvalue weighted by Crippen LogP contribution is -2.77. The summed E-state index contributed by atoms with van der Waals surface area (Å²) in [6.45, 7) is 0.610. The summed E-state index contributed by atoms with van der Waals surface area (Å²) < 4.78 is 22.0. The van der Waals surface area contributed by atoms with Gasteiger partial charge in [-0.1, -0.05) is 6.07 Å². The fraction of sp³-hybridized carbons (Fsp3) is 0.625. The Hall–Kier alpha value is -2.23.